The van der Waals surface area contributed by atoms with E-state index in [2.05, 4.69) is 24.1 Å². The van der Waals surface area contributed by atoms with Gasteiger partial charge in [0, 0.05) is 18.6 Å². The van der Waals surface area contributed by atoms with Crippen molar-refractivity contribution in [2.45, 2.75) is 70.9 Å². The molecule has 0 spiro atoms. The van der Waals surface area contributed by atoms with Gasteiger partial charge in [0.05, 0.1) is 0 Å². The molecule has 1 aliphatic heterocycles. The summed E-state index contributed by atoms with van der Waals surface area (Å²) in [6, 6.07) is 1.57. The quantitative estimate of drug-likeness (QED) is 0.813. The lowest BCUT2D eigenvalue weighted by atomic mass is 9.91. The highest BCUT2D eigenvalue weighted by molar-refractivity contribution is 4.89. The Bertz CT molecular complexity index is 217. The first-order chi connectivity index (χ1) is 8.31. The monoisotopic (exact) mass is 238 g/mol. The number of likely N-dealkylation sites (N-methyl/N-ethyl adjacent to an activating group) is 1. The number of hydrogen-bond donors (Lipinski definition) is 1. The van der Waals surface area contributed by atoms with Gasteiger partial charge in [0.1, 0.15) is 0 Å². The summed E-state index contributed by atoms with van der Waals surface area (Å²) in [5.41, 5.74) is 0. The second-order valence-corrected chi connectivity index (χ2v) is 6.11. The standard InChI is InChI=1S/C15H30N2/c1-3-16-14-8-6-4-5-7-9-15(14)17-11-10-13(2)12-17/h13-16H,3-12H2,1-2H3. The van der Waals surface area contributed by atoms with E-state index in [0.29, 0.717) is 0 Å². The molecule has 1 saturated heterocycles. The highest BCUT2D eigenvalue weighted by Gasteiger charge is 2.31. The Labute approximate surface area is 107 Å². The molecule has 0 radical (unpaired) electrons. The van der Waals surface area contributed by atoms with Crippen LogP contribution in [0.25, 0.3) is 0 Å². The van der Waals surface area contributed by atoms with E-state index in [1.165, 1.54) is 58.0 Å². The van der Waals surface area contributed by atoms with Gasteiger partial charge in [0.2, 0.25) is 0 Å². The van der Waals surface area contributed by atoms with E-state index in [9.17, 15) is 0 Å². The highest BCUT2D eigenvalue weighted by atomic mass is 15.2. The molecule has 1 N–H and O–H groups in total. The van der Waals surface area contributed by atoms with Gasteiger partial charge in [-0.25, -0.2) is 0 Å². The van der Waals surface area contributed by atoms with E-state index in [1.807, 2.05) is 0 Å². The summed E-state index contributed by atoms with van der Waals surface area (Å²) in [6.07, 6.45) is 10.0. The predicted octanol–water partition coefficient (Wildman–Crippen LogP) is 3.03. The second kappa shape index (κ2) is 6.75. The first kappa shape index (κ1) is 13.4. The van der Waals surface area contributed by atoms with Crippen molar-refractivity contribution < 1.29 is 0 Å². The molecule has 2 heteroatoms. The van der Waals surface area contributed by atoms with Gasteiger partial charge in [0.15, 0.2) is 0 Å². The minimum Gasteiger partial charge on any atom is -0.313 e. The molecule has 0 aromatic rings. The van der Waals surface area contributed by atoms with Crippen LogP contribution in [0, 0.1) is 5.92 Å². The van der Waals surface area contributed by atoms with Crippen LogP contribution in [0.4, 0.5) is 0 Å². The molecule has 17 heavy (non-hydrogen) atoms. The molecule has 3 unspecified atom stereocenters. The molecule has 3 atom stereocenters. The summed E-state index contributed by atoms with van der Waals surface area (Å²) in [5.74, 6) is 0.919. The van der Waals surface area contributed by atoms with Crippen molar-refractivity contribution in [1.82, 2.24) is 10.2 Å². The SMILES string of the molecule is CCNC1CCCCCCC1N1CCC(C)C1. The zero-order chi connectivity index (χ0) is 12.1. The molecule has 0 bridgehead atoms. The third kappa shape index (κ3) is 3.69. The molecule has 2 aliphatic rings. The lowest BCUT2D eigenvalue weighted by Crippen LogP contribution is -2.49. The Balaban J connectivity index is 1.96. The van der Waals surface area contributed by atoms with E-state index in [0.717, 1.165) is 24.5 Å². The smallest absolute Gasteiger partial charge is 0.0249 e. The lowest BCUT2D eigenvalue weighted by Gasteiger charge is -2.36. The van der Waals surface area contributed by atoms with E-state index < -0.39 is 0 Å². The third-order valence-corrected chi connectivity index (χ3v) is 4.62. The van der Waals surface area contributed by atoms with Gasteiger partial charge >= 0.3 is 0 Å². The fraction of sp³-hybridized carbons (Fsp3) is 1.00. The maximum Gasteiger partial charge on any atom is 0.0249 e. The maximum absolute atomic E-state index is 3.75. The van der Waals surface area contributed by atoms with Crippen LogP contribution < -0.4 is 5.32 Å². The van der Waals surface area contributed by atoms with Gasteiger partial charge in [-0.1, -0.05) is 39.5 Å². The number of rotatable bonds is 3. The first-order valence-electron chi connectivity index (χ1n) is 7.78. The van der Waals surface area contributed by atoms with Crippen molar-refractivity contribution in [3.8, 4) is 0 Å². The number of nitrogens with zero attached hydrogens (tertiary/aromatic N) is 1. The summed E-state index contributed by atoms with van der Waals surface area (Å²) >= 11 is 0. The highest BCUT2D eigenvalue weighted by Crippen LogP contribution is 2.26. The van der Waals surface area contributed by atoms with Crippen molar-refractivity contribution in [1.29, 1.82) is 0 Å². The fourth-order valence-corrected chi connectivity index (χ4v) is 3.67. The Morgan fingerprint density at radius 3 is 2.47 bits per heavy atom. The molecule has 2 rings (SSSR count). The Kier molecular flexibility index (Phi) is 5.30. The molecule has 0 aromatic carbocycles. The van der Waals surface area contributed by atoms with Crippen molar-refractivity contribution in [2.24, 2.45) is 5.92 Å². The molecule has 100 valence electrons. The van der Waals surface area contributed by atoms with Gasteiger partial charge in [0.25, 0.3) is 0 Å². The third-order valence-electron chi connectivity index (χ3n) is 4.62. The van der Waals surface area contributed by atoms with E-state index in [-0.39, 0.29) is 0 Å². The molecule has 1 aliphatic carbocycles. The van der Waals surface area contributed by atoms with Crippen LogP contribution in [0.15, 0.2) is 0 Å². The largest absolute Gasteiger partial charge is 0.313 e. The fourth-order valence-electron chi connectivity index (χ4n) is 3.67. The number of hydrogen-bond acceptors (Lipinski definition) is 2. The van der Waals surface area contributed by atoms with Crippen LogP contribution in [0.2, 0.25) is 0 Å². The summed E-state index contributed by atoms with van der Waals surface area (Å²) in [4.78, 5) is 2.78. The topological polar surface area (TPSA) is 15.3 Å². The van der Waals surface area contributed by atoms with Crippen LogP contribution >= 0.6 is 0 Å². The minimum absolute atomic E-state index is 0.755. The van der Waals surface area contributed by atoms with Crippen LogP contribution in [0.5, 0.6) is 0 Å². The Hall–Kier alpha value is -0.0800. The molecular formula is C15H30N2. The minimum atomic E-state index is 0.755. The summed E-state index contributed by atoms with van der Waals surface area (Å²) < 4.78 is 0. The number of nitrogens with one attached hydrogen (secondary N) is 1. The molecule has 2 nitrogen and oxygen atoms in total. The van der Waals surface area contributed by atoms with E-state index >= 15 is 0 Å². The zero-order valence-corrected chi connectivity index (χ0v) is 11.8. The maximum atomic E-state index is 3.75. The van der Waals surface area contributed by atoms with Crippen LogP contribution in [0.1, 0.15) is 58.8 Å². The van der Waals surface area contributed by atoms with E-state index in [4.69, 9.17) is 0 Å². The normalized spacial score (nSPS) is 36.7. The Morgan fingerprint density at radius 1 is 1.06 bits per heavy atom. The summed E-state index contributed by atoms with van der Waals surface area (Å²) in [5, 5.41) is 3.75. The van der Waals surface area contributed by atoms with Gasteiger partial charge in [-0.3, -0.25) is 4.90 Å². The number of likely N-dealkylation sites (tertiary alicyclic amines) is 1. The first-order valence-corrected chi connectivity index (χ1v) is 7.78. The van der Waals surface area contributed by atoms with Crippen molar-refractivity contribution in [2.75, 3.05) is 19.6 Å². The van der Waals surface area contributed by atoms with Gasteiger partial charge in [-0.15, -0.1) is 0 Å². The van der Waals surface area contributed by atoms with E-state index in [1.54, 1.807) is 0 Å². The molecule has 1 heterocycles. The predicted molar refractivity (Wildman–Crippen MR) is 74.3 cm³/mol. The molecule has 0 amide bonds. The summed E-state index contributed by atoms with van der Waals surface area (Å²) in [7, 11) is 0. The van der Waals surface area contributed by atoms with Crippen LogP contribution in [0.3, 0.4) is 0 Å². The van der Waals surface area contributed by atoms with Crippen molar-refractivity contribution in [3.05, 3.63) is 0 Å². The van der Waals surface area contributed by atoms with Crippen LogP contribution in [-0.4, -0.2) is 36.6 Å². The molecule has 0 aromatic heterocycles. The molecule has 2 fully saturated rings. The lowest BCUT2D eigenvalue weighted by molar-refractivity contribution is 0.159. The second-order valence-electron chi connectivity index (χ2n) is 6.11. The van der Waals surface area contributed by atoms with Crippen LogP contribution in [-0.2, 0) is 0 Å². The van der Waals surface area contributed by atoms with Gasteiger partial charge in [-0.2, -0.15) is 0 Å². The summed E-state index contributed by atoms with van der Waals surface area (Å²) in [6.45, 7) is 8.47. The van der Waals surface area contributed by atoms with Gasteiger partial charge < -0.3 is 5.32 Å². The zero-order valence-electron chi connectivity index (χ0n) is 11.8. The van der Waals surface area contributed by atoms with Crippen molar-refractivity contribution >= 4 is 0 Å². The molecular weight excluding hydrogens is 208 g/mol. The molecule has 1 saturated carbocycles. The average molecular weight is 238 g/mol. The Morgan fingerprint density at radius 2 is 1.82 bits per heavy atom. The average Bonchev–Trinajstić information content (AvgIpc) is 2.69. The van der Waals surface area contributed by atoms with Gasteiger partial charge in [-0.05, 0) is 38.3 Å². The van der Waals surface area contributed by atoms with Crippen molar-refractivity contribution in [3.63, 3.8) is 0 Å².